The Morgan fingerprint density at radius 1 is 0.943 bits per heavy atom. The standard InChI is InChI=1S/C29H28FNO4/c1-2-3-4-8-17-35-24-16-10-15-23(19-24)31-26(21-13-9-14-22(30)18-21)25(28(33)29(31)34)27(32)20-11-6-5-7-12-20/h5-7,9-16,18-19,26,32H,2-4,8,17H2,1H3/b27-25-. The first kappa shape index (κ1) is 24.2. The Bertz CT molecular complexity index is 1240. The number of aliphatic hydroxyl groups excluding tert-OH is 1. The summed E-state index contributed by atoms with van der Waals surface area (Å²) in [5.74, 6) is -1.86. The van der Waals surface area contributed by atoms with Crippen molar-refractivity contribution < 1.29 is 23.8 Å². The molecule has 180 valence electrons. The van der Waals surface area contributed by atoms with Gasteiger partial charge < -0.3 is 9.84 Å². The third kappa shape index (κ3) is 5.27. The van der Waals surface area contributed by atoms with Gasteiger partial charge in [0.05, 0.1) is 18.2 Å². The molecule has 1 saturated heterocycles. The highest BCUT2D eigenvalue weighted by Gasteiger charge is 2.47. The molecule has 1 amide bonds. The van der Waals surface area contributed by atoms with E-state index >= 15 is 0 Å². The van der Waals surface area contributed by atoms with Crippen molar-refractivity contribution in [1.29, 1.82) is 0 Å². The number of benzene rings is 3. The van der Waals surface area contributed by atoms with E-state index in [0.29, 0.717) is 29.2 Å². The molecule has 1 aliphatic heterocycles. The molecule has 1 aliphatic rings. The van der Waals surface area contributed by atoms with Crippen molar-refractivity contribution in [1.82, 2.24) is 0 Å². The Labute approximate surface area is 204 Å². The number of nitrogens with zero attached hydrogens (tertiary/aromatic N) is 1. The van der Waals surface area contributed by atoms with Gasteiger partial charge in [0, 0.05) is 17.3 Å². The van der Waals surface area contributed by atoms with Crippen LogP contribution in [-0.2, 0) is 9.59 Å². The zero-order valence-electron chi connectivity index (χ0n) is 19.6. The van der Waals surface area contributed by atoms with Crippen molar-refractivity contribution in [2.24, 2.45) is 0 Å². The zero-order valence-corrected chi connectivity index (χ0v) is 19.6. The van der Waals surface area contributed by atoms with E-state index in [1.54, 1.807) is 60.7 Å². The lowest BCUT2D eigenvalue weighted by molar-refractivity contribution is -0.132. The number of unbranched alkanes of at least 4 members (excludes halogenated alkanes) is 3. The van der Waals surface area contributed by atoms with Crippen molar-refractivity contribution in [2.75, 3.05) is 11.5 Å². The van der Waals surface area contributed by atoms with Gasteiger partial charge in [0.1, 0.15) is 17.3 Å². The molecule has 0 spiro atoms. The van der Waals surface area contributed by atoms with Crippen LogP contribution in [0.5, 0.6) is 5.75 Å². The molecule has 0 radical (unpaired) electrons. The maximum Gasteiger partial charge on any atom is 0.300 e. The molecular formula is C29H28FNO4. The summed E-state index contributed by atoms with van der Waals surface area (Å²) in [6.07, 6.45) is 4.27. The number of ether oxygens (including phenoxy) is 1. The summed E-state index contributed by atoms with van der Waals surface area (Å²) >= 11 is 0. The van der Waals surface area contributed by atoms with Crippen molar-refractivity contribution in [2.45, 2.75) is 38.6 Å². The first-order valence-electron chi connectivity index (χ1n) is 11.9. The number of hydrogen-bond acceptors (Lipinski definition) is 4. The second-order valence-corrected chi connectivity index (χ2v) is 8.50. The van der Waals surface area contributed by atoms with Crippen LogP contribution in [-0.4, -0.2) is 23.4 Å². The average molecular weight is 474 g/mol. The molecule has 0 aromatic heterocycles. The van der Waals surface area contributed by atoms with Gasteiger partial charge in [0.2, 0.25) is 0 Å². The van der Waals surface area contributed by atoms with Gasteiger partial charge in [0.15, 0.2) is 0 Å². The fraction of sp³-hybridized carbons (Fsp3) is 0.241. The molecule has 1 fully saturated rings. The van der Waals surface area contributed by atoms with Gasteiger partial charge in [-0.25, -0.2) is 4.39 Å². The summed E-state index contributed by atoms with van der Waals surface area (Å²) in [5.41, 5.74) is 1.13. The van der Waals surface area contributed by atoms with E-state index in [0.717, 1.165) is 25.7 Å². The predicted molar refractivity (Wildman–Crippen MR) is 134 cm³/mol. The molecule has 6 heteroatoms. The maximum atomic E-state index is 14.2. The molecule has 0 bridgehead atoms. The molecule has 1 N–H and O–H groups in total. The van der Waals surface area contributed by atoms with Crippen molar-refractivity contribution in [3.8, 4) is 5.75 Å². The van der Waals surface area contributed by atoms with Gasteiger partial charge >= 0.3 is 0 Å². The molecule has 3 aromatic rings. The molecule has 35 heavy (non-hydrogen) atoms. The molecule has 5 nitrogen and oxygen atoms in total. The number of carbonyl (C=O) groups is 2. The van der Waals surface area contributed by atoms with Crippen LogP contribution in [0.3, 0.4) is 0 Å². The highest BCUT2D eigenvalue weighted by molar-refractivity contribution is 6.51. The third-order valence-electron chi connectivity index (χ3n) is 6.02. The van der Waals surface area contributed by atoms with Crippen LogP contribution < -0.4 is 9.64 Å². The number of halogens is 1. The lowest BCUT2D eigenvalue weighted by Gasteiger charge is -2.26. The fourth-order valence-electron chi connectivity index (χ4n) is 4.28. The van der Waals surface area contributed by atoms with E-state index in [1.165, 1.54) is 23.1 Å². The van der Waals surface area contributed by atoms with E-state index in [2.05, 4.69) is 6.92 Å². The van der Waals surface area contributed by atoms with Crippen LogP contribution in [0, 0.1) is 5.82 Å². The zero-order chi connectivity index (χ0) is 24.8. The van der Waals surface area contributed by atoms with Gasteiger partial charge in [-0.05, 0) is 36.2 Å². The van der Waals surface area contributed by atoms with Gasteiger partial charge in [0.25, 0.3) is 11.7 Å². The molecule has 3 aromatic carbocycles. The highest BCUT2D eigenvalue weighted by Crippen LogP contribution is 2.42. The van der Waals surface area contributed by atoms with E-state index < -0.39 is 23.5 Å². The van der Waals surface area contributed by atoms with Crippen molar-refractivity contribution >= 4 is 23.1 Å². The summed E-state index contributed by atoms with van der Waals surface area (Å²) in [4.78, 5) is 27.8. The van der Waals surface area contributed by atoms with Crippen LogP contribution in [0.1, 0.15) is 49.8 Å². The number of Topliss-reactive ketones (excluding diaryl/α,β-unsaturated/α-hetero) is 1. The number of hydrogen-bond donors (Lipinski definition) is 1. The minimum Gasteiger partial charge on any atom is -0.507 e. The summed E-state index contributed by atoms with van der Waals surface area (Å²) in [6, 6.07) is 20.2. The van der Waals surface area contributed by atoms with Crippen molar-refractivity contribution in [3.63, 3.8) is 0 Å². The van der Waals surface area contributed by atoms with Crippen LogP contribution >= 0.6 is 0 Å². The normalized spacial score (nSPS) is 17.1. The van der Waals surface area contributed by atoms with E-state index in [1.807, 2.05) is 0 Å². The molecule has 0 aliphatic carbocycles. The lowest BCUT2D eigenvalue weighted by Crippen LogP contribution is -2.29. The highest BCUT2D eigenvalue weighted by atomic mass is 19.1. The monoisotopic (exact) mass is 473 g/mol. The first-order chi connectivity index (χ1) is 17.0. The SMILES string of the molecule is CCCCCCOc1cccc(N2C(=O)C(=O)/C(=C(\O)c3ccccc3)C2c2cccc(F)c2)c1. The Morgan fingerprint density at radius 3 is 2.46 bits per heavy atom. The summed E-state index contributed by atoms with van der Waals surface area (Å²) in [7, 11) is 0. The number of rotatable bonds is 9. The van der Waals surface area contributed by atoms with Gasteiger partial charge in [-0.2, -0.15) is 0 Å². The maximum absolute atomic E-state index is 14.2. The lowest BCUT2D eigenvalue weighted by atomic mass is 9.95. The largest absolute Gasteiger partial charge is 0.507 e. The van der Waals surface area contributed by atoms with Crippen LogP contribution in [0.2, 0.25) is 0 Å². The van der Waals surface area contributed by atoms with Gasteiger partial charge in [-0.3, -0.25) is 14.5 Å². The quantitative estimate of drug-likeness (QED) is 0.169. The summed E-state index contributed by atoms with van der Waals surface area (Å²) in [5, 5.41) is 11.1. The number of aliphatic hydroxyl groups is 1. The number of anilines is 1. The van der Waals surface area contributed by atoms with E-state index in [-0.39, 0.29) is 11.3 Å². The van der Waals surface area contributed by atoms with Gasteiger partial charge in [-0.15, -0.1) is 0 Å². The average Bonchev–Trinajstić information content (AvgIpc) is 3.14. The van der Waals surface area contributed by atoms with Crippen LogP contribution in [0.25, 0.3) is 5.76 Å². The van der Waals surface area contributed by atoms with Crippen LogP contribution in [0.15, 0.2) is 84.4 Å². The van der Waals surface area contributed by atoms with E-state index in [4.69, 9.17) is 4.74 Å². The Balaban J connectivity index is 1.75. The second-order valence-electron chi connectivity index (χ2n) is 8.50. The Kier molecular flexibility index (Phi) is 7.60. The number of carbonyl (C=O) groups excluding carboxylic acids is 2. The number of amides is 1. The molecule has 1 unspecified atom stereocenters. The van der Waals surface area contributed by atoms with Crippen molar-refractivity contribution in [3.05, 3.63) is 101 Å². The predicted octanol–water partition coefficient (Wildman–Crippen LogP) is 6.41. The van der Waals surface area contributed by atoms with E-state index in [9.17, 15) is 19.1 Å². The molecule has 4 rings (SSSR count). The molecule has 0 saturated carbocycles. The third-order valence-corrected chi connectivity index (χ3v) is 6.02. The topological polar surface area (TPSA) is 66.8 Å². The smallest absolute Gasteiger partial charge is 0.300 e. The number of ketones is 1. The summed E-state index contributed by atoms with van der Waals surface area (Å²) < 4.78 is 20.1. The fourth-order valence-corrected chi connectivity index (χ4v) is 4.28. The Hall–Kier alpha value is -3.93. The second kappa shape index (κ2) is 11.0. The Morgan fingerprint density at radius 2 is 1.71 bits per heavy atom. The first-order valence-corrected chi connectivity index (χ1v) is 11.9. The molecule has 1 heterocycles. The summed E-state index contributed by atoms with van der Waals surface area (Å²) in [6.45, 7) is 2.69. The minimum absolute atomic E-state index is 0.0855. The van der Waals surface area contributed by atoms with Crippen LogP contribution in [0.4, 0.5) is 10.1 Å². The molecular weight excluding hydrogens is 445 g/mol. The minimum atomic E-state index is -0.995. The van der Waals surface area contributed by atoms with Gasteiger partial charge in [-0.1, -0.05) is 74.7 Å². The molecule has 1 atom stereocenters.